The molecule has 0 spiro atoms. The van der Waals surface area contributed by atoms with E-state index in [0.29, 0.717) is 19.0 Å². The van der Waals surface area contributed by atoms with Gasteiger partial charge < -0.3 is 16.0 Å². The summed E-state index contributed by atoms with van der Waals surface area (Å²) in [5, 5.41) is 3.00. The Morgan fingerprint density at radius 1 is 1.41 bits per heavy atom. The predicted molar refractivity (Wildman–Crippen MR) is 92.7 cm³/mol. The lowest BCUT2D eigenvalue weighted by Gasteiger charge is -2.34. The van der Waals surface area contributed by atoms with E-state index in [9.17, 15) is 9.59 Å². The van der Waals surface area contributed by atoms with Crippen molar-refractivity contribution in [3.05, 3.63) is 0 Å². The number of amides is 2. The number of nitrogens with zero attached hydrogens (tertiary/aromatic N) is 1. The first-order valence-corrected chi connectivity index (χ1v) is 9.46. The minimum atomic E-state index is -0.393. The van der Waals surface area contributed by atoms with Gasteiger partial charge in [0.25, 0.3) is 0 Å². The summed E-state index contributed by atoms with van der Waals surface area (Å²) in [7, 11) is 0. The average molecular weight is 330 g/mol. The fourth-order valence-corrected chi connectivity index (χ4v) is 3.03. The van der Waals surface area contributed by atoms with E-state index < -0.39 is 6.04 Å². The van der Waals surface area contributed by atoms with Crippen LogP contribution in [0.25, 0.3) is 0 Å². The van der Waals surface area contributed by atoms with Crippen LogP contribution >= 0.6 is 11.8 Å². The Morgan fingerprint density at radius 3 is 2.68 bits per heavy atom. The molecule has 1 heterocycles. The molecule has 1 aliphatic rings. The number of nitrogens with two attached hydrogens (primary N) is 1. The van der Waals surface area contributed by atoms with Crippen LogP contribution in [0.15, 0.2) is 0 Å². The highest BCUT2D eigenvalue weighted by Crippen LogP contribution is 2.18. The van der Waals surface area contributed by atoms with Gasteiger partial charge in [-0.05, 0) is 37.2 Å². The van der Waals surface area contributed by atoms with Crippen LogP contribution in [0.2, 0.25) is 0 Å². The first kappa shape index (κ1) is 19.3. The lowest BCUT2D eigenvalue weighted by Crippen LogP contribution is -2.50. The Bertz CT molecular complexity index is 382. The van der Waals surface area contributed by atoms with Crippen molar-refractivity contribution in [1.82, 2.24) is 10.2 Å². The Morgan fingerprint density at radius 2 is 2.09 bits per heavy atom. The molecule has 0 aromatic heterocycles. The molecule has 1 fully saturated rings. The number of carbonyl (C=O) groups is 2. The summed E-state index contributed by atoms with van der Waals surface area (Å²) in [6.07, 6.45) is 4.78. The molecule has 2 atom stereocenters. The highest BCUT2D eigenvalue weighted by molar-refractivity contribution is 7.98. The number of hydrogen-bond acceptors (Lipinski definition) is 4. The summed E-state index contributed by atoms with van der Waals surface area (Å²) in [6.45, 7) is 7.85. The van der Waals surface area contributed by atoms with E-state index in [4.69, 9.17) is 5.73 Å². The van der Waals surface area contributed by atoms with E-state index in [0.717, 1.165) is 31.6 Å². The molecule has 0 bridgehead atoms. The van der Waals surface area contributed by atoms with Crippen molar-refractivity contribution in [3.8, 4) is 0 Å². The molecule has 0 aliphatic carbocycles. The number of piperidine rings is 1. The third-order valence-corrected chi connectivity index (χ3v) is 4.66. The fourth-order valence-electron chi connectivity index (χ4n) is 2.54. The molecule has 22 heavy (non-hydrogen) atoms. The number of nitrogens with one attached hydrogen (secondary N) is 1. The lowest BCUT2D eigenvalue weighted by atomic mass is 9.93. The van der Waals surface area contributed by atoms with Gasteiger partial charge in [-0.1, -0.05) is 20.8 Å². The van der Waals surface area contributed by atoms with Crippen LogP contribution in [-0.2, 0) is 9.59 Å². The summed E-state index contributed by atoms with van der Waals surface area (Å²) in [5.41, 5.74) is 5.61. The van der Waals surface area contributed by atoms with Crippen molar-refractivity contribution in [1.29, 1.82) is 0 Å². The molecule has 1 aliphatic heterocycles. The van der Waals surface area contributed by atoms with Crippen LogP contribution < -0.4 is 11.1 Å². The highest BCUT2D eigenvalue weighted by Gasteiger charge is 2.28. The zero-order chi connectivity index (χ0) is 16.8. The van der Waals surface area contributed by atoms with Crippen molar-refractivity contribution >= 4 is 23.6 Å². The van der Waals surface area contributed by atoms with Gasteiger partial charge in [0.2, 0.25) is 11.8 Å². The lowest BCUT2D eigenvalue weighted by molar-refractivity contribution is -0.134. The van der Waals surface area contributed by atoms with Gasteiger partial charge in [0.15, 0.2) is 0 Å². The van der Waals surface area contributed by atoms with Crippen molar-refractivity contribution < 1.29 is 9.59 Å². The number of hydrogen-bond donors (Lipinski definition) is 2. The van der Waals surface area contributed by atoms with Crippen LogP contribution in [0, 0.1) is 11.3 Å². The van der Waals surface area contributed by atoms with Gasteiger partial charge in [-0.3, -0.25) is 9.59 Å². The molecule has 128 valence electrons. The normalized spacial score (nSPS) is 20.6. The van der Waals surface area contributed by atoms with Crippen molar-refractivity contribution in [2.45, 2.75) is 46.1 Å². The van der Waals surface area contributed by atoms with E-state index in [1.165, 1.54) is 0 Å². The smallest absolute Gasteiger partial charge is 0.239 e. The van der Waals surface area contributed by atoms with Crippen molar-refractivity contribution in [2.75, 3.05) is 31.6 Å². The SMILES string of the molecule is CSCC[C@H](N)C(=O)N1CCCC(CNC(=O)C(C)(C)C)C1. The van der Waals surface area contributed by atoms with Crippen LogP contribution in [-0.4, -0.2) is 54.4 Å². The molecular formula is C16H31N3O2S. The second kappa shape index (κ2) is 8.77. The molecule has 0 radical (unpaired) electrons. The van der Waals surface area contributed by atoms with E-state index in [2.05, 4.69) is 5.32 Å². The topological polar surface area (TPSA) is 75.4 Å². The first-order chi connectivity index (χ1) is 10.3. The van der Waals surface area contributed by atoms with Crippen molar-refractivity contribution in [3.63, 3.8) is 0 Å². The Hall–Kier alpha value is -0.750. The van der Waals surface area contributed by atoms with Gasteiger partial charge in [0, 0.05) is 25.0 Å². The van der Waals surface area contributed by atoms with Gasteiger partial charge >= 0.3 is 0 Å². The summed E-state index contributed by atoms with van der Waals surface area (Å²) in [6, 6.07) is -0.393. The first-order valence-electron chi connectivity index (χ1n) is 8.07. The Kier molecular flexibility index (Phi) is 7.69. The van der Waals surface area contributed by atoms with Gasteiger partial charge in [-0.25, -0.2) is 0 Å². The fraction of sp³-hybridized carbons (Fsp3) is 0.875. The van der Waals surface area contributed by atoms with E-state index in [1.54, 1.807) is 11.8 Å². The third kappa shape index (κ3) is 6.16. The molecule has 0 saturated carbocycles. The molecule has 1 saturated heterocycles. The molecule has 0 aromatic rings. The molecule has 0 aromatic carbocycles. The molecule has 6 heteroatoms. The molecule has 5 nitrogen and oxygen atoms in total. The maximum atomic E-state index is 12.4. The van der Waals surface area contributed by atoms with E-state index >= 15 is 0 Å². The predicted octanol–water partition coefficient (Wildman–Crippen LogP) is 1.47. The molecule has 3 N–H and O–H groups in total. The maximum Gasteiger partial charge on any atom is 0.239 e. The van der Waals surface area contributed by atoms with Gasteiger partial charge in [0.05, 0.1) is 6.04 Å². The summed E-state index contributed by atoms with van der Waals surface area (Å²) in [4.78, 5) is 26.2. The number of carbonyl (C=O) groups excluding carboxylic acids is 2. The molecular weight excluding hydrogens is 298 g/mol. The molecule has 2 amide bonds. The largest absolute Gasteiger partial charge is 0.355 e. The Labute approximate surface area is 138 Å². The van der Waals surface area contributed by atoms with Crippen LogP contribution in [0.4, 0.5) is 0 Å². The number of rotatable bonds is 6. The Balaban J connectivity index is 2.44. The minimum Gasteiger partial charge on any atom is -0.355 e. The molecule has 1 unspecified atom stereocenters. The third-order valence-electron chi connectivity index (χ3n) is 4.01. The van der Waals surface area contributed by atoms with Crippen LogP contribution in [0.1, 0.15) is 40.0 Å². The molecule has 1 rings (SSSR count). The van der Waals surface area contributed by atoms with E-state index in [1.807, 2.05) is 31.9 Å². The average Bonchev–Trinajstić information content (AvgIpc) is 2.48. The maximum absolute atomic E-state index is 12.4. The number of likely N-dealkylation sites (tertiary alicyclic amines) is 1. The summed E-state index contributed by atoms with van der Waals surface area (Å²) in [5.74, 6) is 1.36. The monoisotopic (exact) mass is 329 g/mol. The second-order valence-electron chi connectivity index (χ2n) is 7.14. The summed E-state index contributed by atoms with van der Waals surface area (Å²) >= 11 is 1.71. The second-order valence-corrected chi connectivity index (χ2v) is 8.13. The van der Waals surface area contributed by atoms with Crippen LogP contribution in [0.3, 0.4) is 0 Å². The zero-order valence-electron chi connectivity index (χ0n) is 14.4. The summed E-state index contributed by atoms with van der Waals surface area (Å²) < 4.78 is 0. The van der Waals surface area contributed by atoms with E-state index in [-0.39, 0.29) is 17.2 Å². The van der Waals surface area contributed by atoms with Gasteiger partial charge in [-0.15, -0.1) is 0 Å². The van der Waals surface area contributed by atoms with Gasteiger partial charge in [0.1, 0.15) is 0 Å². The number of thioether (sulfide) groups is 1. The highest BCUT2D eigenvalue weighted by atomic mass is 32.2. The van der Waals surface area contributed by atoms with Gasteiger partial charge in [-0.2, -0.15) is 11.8 Å². The minimum absolute atomic E-state index is 0.0564. The quantitative estimate of drug-likeness (QED) is 0.774. The zero-order valence-corrected chi connectivity index (χ0v) is 15.2. The standard InChI is InChI=1S/C16H31N3O2S/c1-16(2,3)15(21)18-10-12-6-5-8-19(11-12)14(20)13(17)7-9-22-4/h12-13H,5-11,17H2,1-4H3,(H,18,21)/t12?,13-/m0/s1. The van der Waals surface area contributed by atoms with Crippen molar-refractivity contribution in [2.24, 2.45) is 17.1 Å². The van der Waals surface area contributed by atoms with Crippen LogP contribution in [0.5, 0.6) is 0 Å².